The van der Waals surface area contributed by atoms with Crippen molar-refractivity contribution >= 4 is 0 Å². The quantitative estimate of drug-likeness (QED) is 0.824. The molecule has 130 valence electrons. The molecule has 1 aliphatic heterocycles. The van der Waals surface area contributed by atoms with Gasteiger partial charge in [0.1, 0.15) is 0 Å². The third-order valence-corrected chi connectivity index (χ3v) is 5.38. The average molecular weight is 326 g/mol. The molecule has 0 amide bonds. The monoisotopic (exact) mass is 325 g/mol. The number of hydrogen-bond donors (Lipinski definition) is 0. The second kappa shape index (κ2) is 7.54. The normalized spacial score (nSPS) is 17.4. The second-order valence-corrected chi connectivity index (χ2v) is 7.37. The van der Waals surface area contributed by atoms with Gasteiger partial charge in [0, 0.05) is 25.0 Å². The molecule has 2 aromatic rings. The molecule has 3 rings (SSSR count). The topological polar surface area (TPSA) is 11.4 Å². The summed E-state index contributed by atoms with van der Waals surface area (Å²) in [6.07, 6.45) is 4.09. The molecule has 3 nitrogen and oxygen atoms in total. The van der Waals surface area contributed by atoms with E-state index < -0.39 is 0 Å². The van der Waals surface area contributed by atoms with Crippen LogP contribution in [0.3, 0.4) is 0 Å². The molecule has 0 bridgehead atoms. The van der Waals surface area contributed by atoms with Crippen LogP contribution in [-0.2, 0) is 13.6 Å². The van der Waals surface area contributed by atoms with Crippen molar-refractivity contribution in [3.05, 3.63) is 58.9 Å². The minimum Gasteiger partial charge on any atom is -0.349 e. The number of rotatable bonds is 5. The van der Waals surface area contributed by atoms with Crippen LogP contribution in [0.2, 0.25) is 0 Å². The fourth-order valence-electron chi connectivity index (χ4n) is 3.95. The van der Waals surface area contributed by atoms with Gasteiger partial charge in [0.25, 0.3) is 0 Å². The molecule has 1 atom stereocenters. The zero-order valence-electron chi connectivity index (χ0n) is 15.6. The maximum Gasteiger partial charge on any atom is 0.0753 e. The fraction of sp³-hybridized carbons (Fsp3) is 0.524. The lowest BCUT2D eigenvalue weighted by molar-refractivity contribution is 0.216. The molecule has 1 fully saturated rings. The largest absolute Gasteiger partial charge is 0.349 e. The first kappa shape index (κ1) is 17.2. The molecule has 0 aliphatic carbocycles. The van der Waals surface area contributed by atoms with Crippen molar-refractivity contribution in [1.82, 2.24) is 14.4 Å². The van der Waals surface area contributed by atoms with Crippen LogP contribution < -0.4 is 0 Å². The van der Waals surface area contributed by atoms with Crippen LogP contribution in [0.5, 0.6) is 0 Å². The molecule has 1 unspecified atom stereocenters. The highest BCUT2D eigenvalue weighted by Crippen LogP contribution is 2.30. The Balaban J connectivity index is 1.88. The van der Waals surface area contributed by atoms with E-state index in [4.69, 9.17) is 0 Å². The third-order valence-electron chi connectivity index (χ3n) is 5.38. The van der Waals surface area contributed by atoms with Gasteiger partial charge in [-0.15, -0.1) is 0 Å². The van der Waals surface area contributed by atoms with E-state index in [0.717, 1.165) is 6.54 Å². The summed E-state index contributed by atoms with van der Waals surface area (Å²) >= 11 is 0. The van der Waals surface area contributed by atoms with Gasteiger partial charge in [0.2, 0.25) is 0 Å². The summed E-state index contributed by atoms with van der Waals surface area (Å²) in [4.78, 5) is 4.92. The minimum absolute atomic E-state index is 0.298. The van der Waals surface area contributed by atoms with Gasteiger partial charge in [-0.3, -0.25) is 9.80 Å². The van der Waals surface area contributed by atoms with E-state index in [0.29, 0.717) is 6.04 Å². The molecule has 3 heteroatoms. The number of aromatic nitrogens is 1. The lowest BCUT2D eigenvalue weighted by atomic mass is 9.98. The zero-order chi connectivity index (χ0) is 17.1. The van der Waals surface area contributed by atoms with Crippen LogP contribution in [-0.4, -0.2) is 41.6 Å². The molecule has 1 aromatic carbocycles. The smallest absolute Gasteiger partial charge is 0.0753 e. The maximum absolute atomic E-state index is 2.60. The standard InChI is InChI=1S/C21H31N3/c1-17-10-6-7-11-19(17)21(22(2)3)20-13-12-18(23(20)4)16-24-14-8-5-9-15-24/h6-7,10-13,21H,5,8-9,14-16H2,1-4H3. The molecule has 1 aromatic heterocycles. The summed E-state index contributed by atoms with van der Waals surface area (Å²) in [7, 11) is 6.58. The van der Waals surface area contributed by atoms with Crippen molar-refractivity contribution in [3.8, 4) is 0 Å². The summed E-state index contributed by atoms with van der Waals surface area (Å²) in [6.45, 7) is 5.78. The van der Waals surface area contributed by atoms with Crippen LogP contribution in [0.1, 0.15) is 47.8 Å². The van der Waals surface area contributed by atoms with Gasteiger partial charge < -0.3 is 4.57 Å². The van der Waals surface area contributed by atoms with Crippen LogP contribution in [0, 0.1) is 6.92 Å². The first-order valence-electron chi connectivity index (χ1n) is 9.16. The van der Waals surface area contributed by atoms with E-state index in [1.54, 1.807) is 0 Å². The van der Waals surface area contributed by atoms with Crippen molar-refractivity contribution in [2.45, 2.75) is 38.8 Å². The average Bonchev–Trinajstić information content (AvgIpc) is 2.91. The Kier molecular flexibility index (Phi) is 5.42. The zero-order valence-corrected chi connectivity index (χ0v) is 15.6. The highest BCUT2D eigenvalue weighted by atomic mass is 15.2. The Bertz CT molecular complexity index is 665. The van der Waals surface area contributed by atoms with Crippen molar-refractivity contribution in [3.63, 3.8) is 0 Å². The van der Waals surface area contributed by atoms with Gasteiger partial charge in [0.05, 0.1) is 6.04 Å². The lowest BCUT2D eigenvalue weighted by Crippen LogP contribution is -2.30. The molecule has 24 heavy (non-hydrogen) atoms. The Labute approximate surface area is 146 Å². The fourth-order valence-corrected chi connectivity index (χ4v) is 3.95. The molecular formula is C21H31N3. The molecule has 1 saturated heterocycles. The van der Waals surface area contributed by atoms with E-state index in [1.807, 2.05) is 0 Å². The Hall–Kier alpha value is -1.58. The van der Waals surface area contributed by atoms with Gasteiger partial charge in [-0.05, 0) is 70.2 Å². The predicted octanol–water partition coefficient (Wildman–Crippen LogP) is 3.97. The number of likely N-dealkylation sites (tertiary alicyclic amines) is 1. The third kappa shape index (κ3) is 3.57. The van der Waals surface area contributed by atoms with E-state index in [1.165, 1.54) is 54.9 Å². The van der Waals surface area contributed by atoms with Crippen molar-refractivity contribution in [1.29, 1.82) is 0 Å². The molecule has 0 saturated carbocycles. The molecule has 0 radical (unpaired) electrons. The highest BCUT2D eigenvalue weighted by molar-refractivity contribution is 5.36. The Morgan fingerprint density at radius 2 is 1.71 bits per heavy atom. The Morgan fingerprint density at radius 1 is 1.00 bits per heavy atom. The highest BCUT2D eigenvalue weighted by Gasteiger charge is 2.22. The molecule has 0 spiro atoms. The van der Waals surface area contributed by atoms with Gasteiger partial charge in [0.15, 0.2) is 0 Å². The van der Waals surface area contributed by atoms with Gasteiger partial charge in [-0.2, -0.15) is 0 Å². The SMILES string of the molecule is Cc1ccccc1C(c1ccc(CN2CCCCC2)n1C)N(C)C. The van der Waals surface area contributed by atoms with Crippen LogP contribution in [0.25, 0.3) is 0 Å². The molecule has 2 heterocycles. The number of nitrogens with zero attached hydrogens (tertiary/aromatic N) is 3. The first-order chi connectivity index (χ1) is 11.6. The number of piperidine rings is 1. The Morgan fingerprint density at radius 3 is 2.38 bits per heavy atom. The summed E-state index contributed by atoms with van der Waals surface area (Å²) in [6, 6.07) is 13.7. The van der Waals surface area contributed by atoms with Gasteiger partial charge >= 0.3 is 0 Å². The maximum atomic E-state index is 2.60. The van der Waals surface area contributed by atoms with Gasteiger partial charge in [-0.25, -0.2) is 0 Å². The van der Waals surface area contributed by atoms with Crippen molar-refractivity contribution < 1.29 is 0 Å². The van der Waals surface area contributed by atoms with Crippen LogP contribution >= 0.6 is 0 Å². The number of hydrogen-bond acceptors (Lipinski definition) is 2. The number of benzene rings is 1. The van der Waals surface area contributed by atoms with Crippen molar-refractivity contribution in [2.24, 2.45) is 7.05 Å². The van der Waals surface area contributed by atoms with Gasteiger partial charge in [-0.1, -0.05) is 30.7 Å². The van der Waals surface area contributed by atoms with E-state index in [2.05, 4.69) is 78.8 Å². The summed E-state index contributed by atoms with van der Waals surface area (Å²) in [5, 5.41) is 0. The summed E-state index contributed by atoms with van der Waals surface area (Å²) in [5.41, 5.74) is 5.55. The van der Waals surface area contributed by atoms with E-state index >= 15 is 0 Å². The van der Waals surface area contributed by atoms with Crippen LogP contribution in [0.4, 0.5) is 0 Å². The summed E-state index contributed by atoms with van der Waals surface area (Å²) < 4.78 is 2.41. The molecule has 1 aliphatic rings. The first-order valence-corrected chi connectivity index (χ1v) is 9.16. The second-order valence-electron chi connectivity index (χ2n) is 7.37. The lowest BCUT2D eigenvalue weighted by Gasteiger charge is -2.29. The number of aryl methyl sites for hydroxylation is 1. The summed E-state index contributed by atoms with van der Waals surface area (Å²) in [5.74, 6) is 0. The molecular weight excluding hydrogens is 294 g/mol. The van der Waals surface area contributed by atoms with E-state index in [-0.39, 0.29) is 0 Å². The van der Waals surface area contributed by atoms with Crippen molar-refractivity contribution in [2.75, 3.05) is 27.2 Å². The van der Waals surface area contributed by atoms with E-state index in [9.17, 15) is 0 Å². The van der Waals surface area contributed by atoms with Crippen LogP contribution in [0.15, 0.2) is 36.4 Å². The molecule has 0 N–H and O–H groups in total. The minimum atomic E-state index is 0.298. The predicted molar refractivity (Wildman–Crippen MR) is 101 cm³/mol.